The summed E-state index contributed by atoms with van der Waals surface area (Å²) in [6.07, 6.45) is -2.53. The fourth-order valence-electron chi connectivity index (χ4n) is 0.912. The van der Waals surface area contributed by atoms with Crippen LogP contribution in [0.4, 0.5) is 8.78 Å². The molecule has 0 aliphatic carbocycles. The van der Waals surface area contributed by atoms with Gasteiger partial charge in [0.2, 0.25) is 0 Å². The summed E-state index contributed by atoms with van der Waals surface area (Å²) >= 11 is 5.68. The van der Waals surface area contributed by atoms with Crippen molar-refractivity contribution >= 4 is 11.6 Å². The third kappa shape index (κ3) is 1.72. The molecule has 0 saturated carbocycles. The van der Waals surface area contributed by atoms with Gasteiger partial charge in [-0.05, 0) is 25.5 Å². The first-order valence-corrected chi connectivity index (χ1v) is 3.82. The van der Waals surface area contributed by atoms with E-state index in [1.807, 2.05) is 0 Å². The van der Waals surface area contributed by atoms with E-state index in [1.165, 1.54) is 6.07 Å². The molecule has 1 nitrogen and oxygen atoms in total. The van der Waals surface area contributed by atoms with Crippen molar-refractivity contribution in [2.45, 2.75) is 20.3 Å². The Morgan fingerprint density at radius 1 is 1.42 bits per heavy atom. The van der Waals surface area contributed by atoms with Gasteiger partial charge >= 0.3 is 0 Å². The first kappa shape index (κ1) is 9.39. The van der Waals surface area contributed by atoms with Crippen LogP contribution in [0, 0.1) is 13.8 Å². The molecule has 12 heavy (non-hydrogen) atoms. The molecule has 66 valence electrons. The Hall–Kier alpha value is -0.700. The smallest absolute Gasteiger partial charge is 0.250 e. The van der Waals surface area contributed by atoms with Crippen LogP contribution < -0.4 is 0 Å². The zero-order valence-electron chi connectivity index (χ0n) is 6.74. The number of rotatable bonds is 1. The Labute approximate surface area is 74.4 Å². The summed E-state index contributed by atoms with van der Waals surface area (Å²) in [7, 11) is 0. The lowest BCUT2D eigenvalue weighted by atomic mass is 10.2. The van der Waals surface area contributed by atoms with E-state index in [0.29, 0.717) is 16.3 Å². The Morgan fingerprint density at radius 2 is 2.00 bits per heavy atom. The first-order valence-electron chi connectivity index (χ1n) is 3.44. The van der Waals surface area contributed by atoms with E-state index in [4.69, 9.17) is 11.6 Å². The van der Waals surface area contributed by atoms with Crippen molar-refractivity contribution < 1.29 is 8.78 Å². The lowest BCUT2D eigenvalue weighted by molar-refractivity contribution is 0.145. The average Bonchev–Trinajstić information content (AvgIpc) is 1.96. The van der Waals surface area contributed by atoms with Gasteiger partial charge in [0.25, 0.3) is 6.43 Å². The molecule has 0 saturated heterocycles. The maximum absolute atomic E-state index is 12.2. The van der Waals surface area contributed by atoms with Crippen LogP contribution in [0.3, 0.4) is 0 Å². The van der Waals surface area contributed by atoms with Gasteiger partial charge < -0.3 is 0 Å². The molecule has 0 radical (unpaired) electrons. The van der Waals surface area contributed by atoms with Crippen LogP contribution in [0.15, 0.2) is 6.07 Å². The Morgan fingerprint density at radius 3 is 2.50 bits per heavy atom. The minimum Gasteiger partial charge on any atom is -0.250 e. The van der Waals surface area contributed by atoms with Gasteiger partial charge in [0, 0.05) is 0 Å². The average molecular weight is 192 g/mol. The largest absolute Gasteiger partial charge is 0.280 e. The molecule has 0 unspecified atom stereocenters. The molecule has 1 aromatic rings. The number of aromatic nitrogens is 1. The quantitative estimate of drug-likeness (QED) is 0.664. The zero-order valence-corrected chi connectivity index (χ0v) is 7.49. The summed E-state index contributed by atoms with van der Waals surface area (Å²) in [5, 5.41) is 0.428. The van der Waals surface area contributed by atoms with Gasteiger partial charge in [0.1, 0.15) is 5.69 Å². The monoisotopic (exact) mass is 191 g/mol. The Bertz CT molecular complexity index is 299. The van der Waals surface area contributed by atoms with Crippen molar-refractivity contribution in [2.75, 3.05) is 0 Å². The SMILES string of the molecule is Cc1cc(Cl)c(C)nc1C(F)F. The Kier molecular flexibility index (Phi) is 2.62. The van der Waals surface area contributed by atoms with E-state index in [9.17, 15) is 8.78 Å². The molecule has 0 aliphatic heterocycles. The van der Waals surface area contributed by atoms with E-state index in [1.54, 1.807) is 13.8 Å². The van der Waals surface area contributed by atoms with Gasteiger partial charge in [0.05, 0.1) is 10.7 Å². The number of hydrogen-bond donors (Lipinski definition) is 0. The molecule has 0 aromatic carbocycles. The molecule has 1 aromatic heterocycles. The Balaban J connectivity index is 3.23. The molecule has 1 rings (SSSR count). The summed E-state index contributed by atoms with van der Waals surface area (Å²) in [6.45, 7) is 3.17. The second-order valence-electron chi connectivity index (χ2n) is 2.56. The third-order valence-electron chi connectivity index (χ3n) is 1.59. The first-order chi connectivity index (χ1) is 5.52. The number of nitrogens with zero attached hydrogens (tertiary/aromatic N) is 1. The highest BCUT2D eigenvalue weighted by atomic mass is 35.5. The van der Waals surface area contributed by atoms with Crippen molar-refractivity contribution in [2.24, 2.45) is 0 Å². The van der Waals surface area contributed by atoms with E-state index in [-0.39, 0.29) is 5.69 Å². The summed E-state index contributed by atoms with van der Waals surface area (Å²) in [5.41, 5.74) is 0.690. The number of halogens is 3. The van der Waals surface area contributed by atoms with Crippen LogP contribution in [-0.2, 0) is 0 Å². The lowest BCUT2D eigenvalue weighted by Crippen LogP contribution is -1.97. The molecule has 0 fully saturated rings. The van der Waals surface area contributed by atoms with E-state index in [2.05, 4.69) is 4.98 Å². The maximum Gasteiger partial charge on any atom is 0.280 e. The summed E-state index contributed by atoms with van der Waals surface area (Å²) in [4.78, 5) is 3.69. The topological polar surface area (TPSA) is 12.9 Å². The highest BCUT2D eigenvalue weighted by molar-refractivity contribution is 6.31. The van der Waals surface area contributed by atoms with E-state index >= 15 is 0 Å². The van der Waals surface area contributed by atoms with Crippen LogP contribution in [0.5, 0.6) is 0 Å². The number of alkyl halides is 2. The van der Waals surface area contributed by atoms with Crippen molar-refractivity contribution in [3.8, 4) is 0 Å². The summed E-state index contributed by atoms with van der Waals surface area (Å²) in [5.74, 6) is 0. The van der Waals surface area contributed by atoms with Crippen LogP contribution in [0.1, 0.15) is 23.4 Å². The standard InChI is InChI=1S/C8H8ClF2N/c1-4-3-6(9)5(2)12-7(4)8(10)11/h3,8H,1-2H3. The molecule has 0 spiro atoms. The van der Waals surface area contributed by atoms with Crippen LogP contribution in [-0.4, -0.2) is 4.98 Å². The van der Waals surface area contributed by atoms with E-state index < -0.39 is 6.43 Å². The van der Waals surface area contributed by atoms with Gasteiger partial charge in [-0.3, -0.25) is 4.98 Å². The number of hydrogen-bond acceptors (Lipinski definition) is 1. The summed E-state index contributed by atoms with van der Waals surface area (Å²) in [6, 6.07) is 1.51. The van der Waals surface area contributed by atoms with Crippen molar-refractivity contribution in [3.05, 3.63) is 28.0 Å². The van der Waals surface area contributed by atoms with Crippen molar-refractivity contribution in [1.82, 2.24) is 4.98 Å². The molecule has 0 bridgehead atoms. The minimum atomic E-state index is -2.53. The number of aryl methyl sites for hydroxylation is 2. The highest BCUT2D eigenvalue weighted by Gasteiger charge is 2.13. The normalized spacial score (nSPS) is 10.8. The second kappa shape index (κ2) is 3.35. The predicted octanol–water partition coefficient (Wildman–Crippen LogP) is 3.29. The fourth-order valence-corrected chi connectivity index (χ4v) is 1.12. The van der Waals surface area contributed by atoms with Crippen molar-refractivity contribution in [1.29, 1.82) is 0 Å². The van der Waals surface area contributed by atoms with Gasteiger partial charge in [-0.25, -0.2) is 8.78 Å². The highest BCUT2D eigenvalue weighted by Crippen LogP contribution is 2.24. The van der Waals surface area contributed by atoms with Gasteiger partial charge in [-0.2, -0.15) is 0 Å². The maximum atomic E-state index is 12.2. The molecular weight excluding hydrogens is 184 g/mol. The van der Waals surface area contributed by atoms with Crippen LogP contribution in [0.2, 0.25) is 5.02 Å². The molecule has 0 amide bonds. The minimum absolute atomic E-state index is 0.183. The van der Waals surface area contributed by atoms with Crippen LogP contribution >= 0.6 is 11.6 Å². The lowest BCUT2D eigenvalue weighted by Gasteiger charge is -2.05. The molecule has 1 heterocycles. The second-order valence-corrected chi connectivity index (χ2v) is 2.97. The molecular formula is C8H8ClF2N. The number of pyridine rings is 1. The molecule has 0 N–H and O–H groups in total. The van der Waals surface area contributed by atoms with E-state index in [0.717, 1.165) is 0 Å². The van der Waals surface area contributed by atoms with Gasteiger partial charge in [0.15, 0.2) is 0 Å². The molecule has 0 atom stereocenters. The predicted molar refractivity (Wildman–Crippen MR) is 43.7 cm³/mol. The third-order valence-corrected chi connectivity index (χ3v) is 1.97. The molecule has 4 heteroatoms. The fraction of sp³-hybridized carbons (Fsp3) is 0.375. The van der Waals surface area contributed by atoms with Gasteiger partial charge in [-0.1, -0.05) is 11.6 Å². The van der Waals surface area contributed by atoms with Crippen molar-refractivity contribution in [3.63, 3.8) is 0 Å². The van der Waals surface area contributed by atoms with Gasteiger partial charge in [-0.15, -0.1) is 0 Å². The van der Waals surface area contributed by atoms with Crippen LogP contribution in [0.25, 0.3) is 0 Å². The molecule has 0 aliphatic rings. The zero-order chi connectivity index (χ0) is 9.30. The summed E-state index contributed by atoms with van der Waals surface area (Å²) < 4.78 is 24.5.